The standard InChI is InChI=1S/C23H21ClN4O2/c1-15-3-2-4-17(11-15)12-26-14-25-21-20(26)22(29)27(13-16-5-6-16)23(30)28(21)19-9-7-18(24)8-10-19/h2-4,7-11,14,16H,5-6,12-13H2,1H3. The molecule has 0 bridgehead atoms. The molecule has 6 nitrogen and oxygen atoms in total. The van der Waals surface area contributed by atoms with E-state index in [1.54, 1.807) is 30.6 Å². The third kappa shape index (κ3) is 3.37. The SMILES string of the molecule is Cc1cccc(Cn2cnc3c2c(=O)n(CC2CC2)c(=O)n3-c2ccc(Cl)cc2)c1. The molecule has 0 aliphatic heterocycles. The second-order valence-corrected chi connectivity index (χ2v) is 8.42. The average Bonchev–Trinajstić information content (AvgIpc) is 3.46. The smallest absolute Gasteiger partial charge is 0.320 e. The Kier molecular flexibility index (Phi) is 4.59. The Morgan fingerprint density at radius 3 is 2.57 bits per heavy atom. The molecule has 0 saturated heterocycles. The van der Waals surface area contributed by atoms with Crippen LogP contribution >= 0.6 is 11.6 Å². The summed E-state index contributed by atoms with van der Waals surface area (Å²) in [5.74, 6) is 0.389. The van der Waals surface area contributed by atoms with Crippen LogP contribution in [0.5, 0.6) is 0 Å². The molecule has 2 aromatic heterocycles. The van der Waals surface area contributed by atoms with Crippen LogP contribution in [0.3, 0.4) is 0 Å². The molecule has 0 atom stereocenters. The molecule has 1 saturated carbocycles. The van der Waals surface area contributed by atoms with Crippen LogP contribution in [0.4, 0.5) is 0 Å². The van der Waals surface area contributed by atoms with Gasteiger partial charge in [0.2, 0.25) is 0 Å². The Balaban J connectivity index is 1.74. The number of benzene rings is 2. The molecule has 0 spiro atoms. The van der Waals surface area contributed by atoms with Gasteiger partial charge in [-0.2, -0.15) is 0 Å². The van der Waals surface area contributed by atoms with Crippen LogP contribution in [0.25, 0.3) is 16.9 Å². The topological polar surface area (TPSA) is 61.8 Å². The van der Waals surface area contributed by atoms with Crippen molar-refractivity contribution >= 4 is 22.8 Å². The summed E-state index contributed by atoms with van der Waals surface area (Å²) in [5, 5.41) is 0.583. The molecule has 0 N–H and O–H groups in total. The fourth-order valence-corrected chi connectivity index (χ4v) is 3.98. The van der Waals surface area contributed by atoms with Gasteiger partial charge in [-0.3, -0.25) is 9.36 Å². The molecule has 152 valence electrons. The van der Waals surface area contributed by atoms with E-state index in [0.717, 1.165) is 24.0 Å². The van der Waals surface area contributed by atoms with Crippen molar-refractivity contribution in [1.82, 2.24) is 18.7 Å². The molecular weight excluding hydrogens is 400 g/mol. The minimum atomic E-state index is -0.359. The van der Waals surface area contributed by atoms with E-state index in [2.05, 4.69) is 11.1 Å². The van der Waals surface area contributed by atoms with Crippen LogP contribution in [0, 0.1) is 12.8 Å². The van der Waals surface area contributed by atoms with Gasteiger partial charge in [0.05, 0.1) is 12.0 Å². The van der Waals surface area contributed by atoms with E-state index < -0.39 is 0 Å². The van der Waals surface area contributed by atoms with Gasteiger partial charge in [0.25, 0.3) is 5.56 Å². The lowest BCUT2D eigenvalue weighted by molar-refractivity contribution is 0.567. The third-order valence-electron chi connectivity index (χ3n) is 5.56. The van der Waals surface area contributed by atoms with Gasteiger partial charge in [0.1, 0.15) is 0 Å². The highest BCUT2D eigenvalue weighted by molar-refractivity contribution is 6.30. The normalized spacial score (nSPS) is 13.8. The predicted molar refractivity (Wildman–Crippen MR) is 118 cm³/mol. The van der Waals surface area contributed by atoms with Crippen LogP contribution in [0.1, 0.15) is 24.0 Å². The number of imidazole rings is 1. The van der Waals surface area contributed by atoms with E-state index in [1.807, 2.05) is 29.7 Å². The largest absolute Gasteiger partial charge is 0.337 e. The summed E-state index contributed by atoms with van der Waals surface area (Å²) in [5.41, 5.74) is 3.03. The summed E-state index contributed by atoms with van der Waals surface area (Å²) in [6.45, 7) is 2.99. The fourth-order valence-electron chi connectivity index (χ4n) is 3.85. The minimum Gasteiger partial charge on any atom is -0.320 e. The van der Waals surface area contributed by atoms with Crippen molar-refractivity contribution in [2.24, 2.45) is 5.92 Å². The van der Waals surface area contributed by atoms with Crippen molar-refractivity contribution < 1.29 is 0 Å². The highest BCUT2D eigenvalue weighted by Crippen LogP contribution is 2.30. The Morgan fingerprint density at radius 2 is 1.87 bits per heavy atom. The maximum atomic E-state index is 13.4. The number of hydrogen-bond donors (Lipinski definition) is 0. The van der Waals surface area contributed by atoms with Crippen LogP contribution in [0.15, 0.2) is 64.4 Å². The molecule has 2 aromatic carbocycles. The van der Waals surface area contributed by atoms with Crippen molar-refractivity contribution in [1.29, 1.82) is 0 Å². The van der Waals surface area contributed by atoms with E-state index in [0.29, 0.717) is 40.9 Å². The van der Waals surface area contributed by atoms with Crippen LogP contribution in [-0.2, 0) is 13.1 Å². The zero-order valence-corrected chi connectivity index (χ0v) is 17.3. The Labute approximate surface area is 178 Å². The second kappa shape index (κ2) is 7.29. The summed E-state index contributed by atoms with van der Waals surface area (Å²) >= 11 is 6.04. The molecule has 0 radical (unpaired) electrons. The number of nitrogens with zero attached hydrogens (tertiary/aromatic N) is 4. The van der Waals surface area contributed by atoms with Gasteiger partial charge in [0.15, 0.2) is 11.2 Å². The van der Waals surface area contributed by atoms with Gasteiger partial charge in [-0.05, 0) is 55.5 Å². The van der Waals surface area contributed by atoms with Gasteiger partial charge in [0, 0.05) is 18.1 Å². The number of halogens is 1. The molecule has 1 aliphatic carbocycles. The molecule has 30 heavy (non-hydrogen) atoms. The number of aromatic nitrogens is 4. The fraction of sp³-hybridized carbons (Fsp3) is 0.261. The first-order valence-corrected chi connectivity index (χ1v) is 10.4. The van der Waals surface area contributed by atoms with E-state index in [1.165, 1.54) is 9.13 Å². The van der Waals surface area contributed by atoms with Crippen molar-refractivity contribution in [2.45, 2.75) is 32.9 Å². The predicted octanol–water partition coefficient (Wildman–Crippen LogP) is 3.77. The van der Waals surface area contributed by atoms with Gasteiger partial charge < -0.3 is 4.57 Å². The first-order chi connectivity index (χ1) is 14.5. The highest BCUT2D eigenvalue weighted by Gasteiger charge is 2.26. The molecule has 5 rings (SSSR count). The van der Waals surface area contributed by atoms with Crippen molar-refractivity contribution in [3.63, 3.8) is 0 Å². The lowest BCUT2D eigenvalue weighted by Gasteiger charge is -2.13. The molecule has 2 heterocycles. The summed E-state index contributed by atoms with van der Waals surface area (Å²) in [6.07, 6.45) is 3.74. The minimum absolute atomic E-state index is 0.280. The quantitative estimate of drug-likeness (QED) is 0.493. The number of fused-ring (bicyclic) bond motifs is 1. The Bertz CT molecular complexity index is 1360. The lowest BCUT2D eigenvalue weighted by Crippen LogP contribution is -2.40. The first-order valence-electron chi connectivity index (χ1n) is 10.0. The maximum Gasteiger partial charge on any atom is 0.337 e. The molecule has 0 amide bonds. The molecule has 7 heteroatoms. The average molecular weight is 421 g/mol. The van der Waals surface area contributed by atoms with Crippen molar-refractivity contribution in [3.8, 4) is 5.69 Å². The third-order valence-corrected chi connectivity index (χ3v) is 5.81. The second-order valence-electron chi connectivity index (χ2n) is 7.99. The van der Waals surface area contributed by atoms with E-state index in [9.17, 15) is 9.59 Å². The summed E-state index contributed by atoms with van der Waals surface area (Å²) < 4.78 is 4.72. The van der Waals surface area contributed by atoms with Gasteiger partial charge >= 0.3 is 5.69 Å². The molecular formula is C23H21ClN4O2. The highest BCUT2D eigenvalue weighted by atomic mass is 35.5. The van der Waals surface area contributed by atoms with Gasteiger partial charge in [-0.1, -0.05) is 41.4 Å². The Morgan fingerprint density at radius 1 is 1.10 bits per heavy atom. The molecule has 1 aliphatic rings. The molecule has 4 aromatic rings. The van der Waals surface area contributed by atoms with Gasteiger partial charge in [-0.25, -0.2) is 14.3 Å². The maximum absolute atomic E-state index is 13.4. The van der Waals surface area contributed by atoms with Crippen molar-refractivity contribution in [3.05, 3.63) is 91.8 Å². The number of hydrogen-bond acceptors (Lipinski definition) is 3. The summed E-state index contributed by atoms with van der Waals surface area (Å²) in [7, 11) is 0. The summed E-state index contributed by atoms with van der Waals surface area (Å²) in [6, 6.07) is 15.2. The van der Waals surface area contributed by atoms with E-state index >= 15 is 0 Å². The van der Waals surface area contributed by atoms with E-state index in [4.69, 9.17) is 11.6 Å². The van der Waals surface area contributed by atoms with E-state index in [-0.39, 0.29) is 11.2 Å². The summed E-state index contributed by atoms with van der Waals surface area (Å²) in [4.78, 5) is 31.1. The van der Waals surface area contributed by atoms with Crippen molar-refractivity contribution in [2.75, 3.05) is 0 Å². The zero-order valence-electron chi connectivity index (χ0n) is 16.6. The lowest BCUT2D eigenvalue weighted by atomic mass is 10.1. The van der Waals surface area contributed by atoms with Crippen LogP contribution in [-0.4, -0.2) is 18.7 Å². The molecule has 1 fully saturated rings. The zero-order chi connectivity index (χ0) is 20.8. The number of rotatable bonds is 5. The Hall–Kier alpha value is -3.12. The number of aryl methyl sites for hydroxylation is 1. The first kappa shape index (κ1) is 18.9. The monoisotopic (exact) mass is 420 g/mol. The van der Waals surface area contributed by atoms with Gasteiger partial charge in [-0.15, -0.1) is 0 Å². The van der Waals surface area contributed by atoms with Crippen LogP contribution < -0.4 is 11.2 Å². The molecule has 0 unspecified atom stereocenters. The van der Waals surface area contributed by atoms with Crippen LogP contribution in [0.2, 0.25) is 5.02 Å².